The second kappa shape index (κ2) is 10.1. The Balaban J connectivity index is 1.93. The summed E-state index contributed by atoms with van der Waals surface area (Å²) in [5.74, 6) is -3.88. The standard InChI is InChI=1S/C21H22FN3O5/c1-12(2)18(25-20(28)15-5-3-4-6-16(15)22)21(29)30-11-17(26)24-14-9-7-13(8-10-14)19(23)27/h3-10,12,18H,11H2,1-2H3,(H2,23,27)(H,24,26)(H,25,28)/t18-/m0/s1. The van der Waals surface area contributed by atoms with E-state index >= 15 is 0 Å². The minimum Gasteiger partial charge on any atom is -0.454 e. The summed E-state index contributed by atoms with van der Waals surface area (Å²) in [6.07, 6.45) is 0. The number of ether oxygens (including phenoxy) is 1. The molecule has 0 saturated carbocycles. The Morgan fingerprint density at radius 2 is 1.67 bits per heavy atom. The van der Waals surface area contributed by atoms with Crippen LogP contribution in [0.3, 0.4) is 0 Å². The highest BCUT2D eigenvalue weighted by Crippen LogP contribution is 2.11. The van der Waals surface area contributed by atoms with Gasteiger partial charge in [-0.05, 0) is 42.3 Å². The van der Waals surface area contributed by atoms with Gasteiger partial charge in [-0.2, -0.15) is 0 Å². The molecule has 0 spiro atoms. The SMILES string of the molecule is CC(C)[C@H](NC(=O)c1ccccc1F)C(=O)OCC(=O)Nc1ccc(C(N)=O)cc1. The Labute approximate surface area is 172 Å². The van der Waals surface area contributed by atoms with Crippen molar-refractivity contribution in [3.8, 4) is 0 Å². The number of nitrogens with two attached hydrogens (primary N) is 1. The highest BCUT2D eigenvalue weighted by molar-refractivity contribution is 5.98. The van der Waals surface area contributed by atoms with Crippen LogP contribution in [-0.4, -0.2) is 36.3 Å². The van der Waals surface area contributed by atoms with Crippen LogP contribution in [0.5, 0.6) is 0 Å². The van der Waals surface area contributed by atoms with Gasteiger partial charge < -0.3 is 21.1 Å². The zero-order valence-electron chi connectivity index (χ0n) is 16.5. The maximum atomic E-state index is 13.8. The average Bonchev–Trinajstić information content (AvgIpc) is 2.70. The second-order valence-electron chi connectivity index (χ2n) is 6.77. The number of amides is 3. The van der Waals surface area contributed by atoms with Crippen LogP contribution in [-0.2, 0) is 14.3 Å². The first-order valence-electron chi connectivity index (χ1n) is 9.10. The van der Waals surface area contributed by atoms with Gasteiger partial charge in [0.2, 0.25) is 5.91 Å². The summed E-state index contributed by atoms with van der Waals surface area (Å²) in [7, 11) is 0. The van der Waals surface area contributed by atoms with Crippen LogP contribution in [0, 0.1) is 11.7 Å². The molecule has 4 N–H and O–H groups in total. The maximum absolute atomic E-state index is 13.8. The van der Waals surface area contributed by atoms with E-state index in [1.165, 1.54) is 42.5 Å². The van der Waals surface area contributed by atoms with Crippen LogP contribution in [0.1, 0.15) is 34.6 Å². The Bertz CT molecular complexity index is 944. The van der Waals surface area contributed by atoms with E-state index in [1.807, 2.05) is 0 Å². The number of hydrogen-bond acceptors (Lipinski definition) is 5. The van der Waals surface area contributed by atoms with Crippen molar-refractivity contribution in [1.82, 2.24) is 5.32 Å². The third-order valence-electron chi connectivity index (χ3n) is 4.12. The number of rotatable bonds is 8. The highest BCUT2D eigenvalue weighted by atomic mass is 19.1. The summed E-state index contributed by atoms with van der Waals surface area (Å²) in [5, 5.41) is 4.94. The number of carbonyl (C=O) groups excluding carboxylic acids is 4. The Morgan fingerprint density at radius 1 is 1.03 bits per heavy atom. The van der Waals surface area contributed by atoms with E-state index in [1.54, 1.807) is 13.8 Å². The van der Waals surface area contributed by atoms with Gasteiger partial charge >= 0.3 is 5.97 Å². The summed E-state index contributed by atoms with van der Waals surface area (Å²) in [4.78, 5) is 47.7. The molecule has 8 nitrogen and oxygen atoms in total. The molecule has 2 aromatic carbocycles. The molecule has 0 radical (unpaired) electrons. The maximum Gasteiger partial charge on any atom is 0.329 e. The number of hydrogen-bond donors (Lipinski definition) is 3. The Morgan fingerprint density at radius 3 is 2.23 bits per heavy atom. The van der Waals surface area contributed by atoms with Crippen molar-refractivity contribution in [3.05, 3.63) is 65.5 Å². The van der Waals surface area contributed by atoms with Crippen LogP contribution in [0.15, 0.2) is 48.5 Å². The van der Waals surface area contributed by atoms with Crippen LogP contribution in [0.25, 0.3) is 0 Å². The van der Waals surface area contributed by atoms with Gasteiger partial charge in [0, 0.05) is 11.3 Å². The van der Waals surface area contributed by atoms with E-state index in [9.17, 15) is 23.6 Å². The normalized spacial score (nSPS) is 11.5. The van der Waals surface area contributed by atoms with Crippen LogP contribution in [0.2, 0.25) is 0 Å². The first kappa shape index (κ1) is 22.5. The fourth-order valence-electron chi connectivity index (χ4n) is 2.50. The molecular weight excluding hydrogens is 393 g/mol. The molecule has 0 fully saturated rings. The summed E-state index contributed by atoms with van der Waals surface area (Å²) < 4.78 is 18.8. The molecule has 0 heterocycles. The molecule has 158 valence electrons. The lowest BCUT2D eigenvalue weighted by atomic mass is 10.0. The van der Waals surface area contributed by atoms with E-state index in [0.717, 1.165) is 6.07 Å². The van der Waals surface area contributed by atoms with E-state index < -0.39 is 42.2 Å². The summed E-state index contributed by atoms with van der Waals surface area (Å²) in [5.41, 5.74) is 5.61. The number of carbonyl (C=O) groups is 4. The average molecular weight is 415 g/mol. The number of halogens is 1. The van der Waals surface area contributed by atoms with Gasteiger partial charge in [0.15, 0.2) is 6.61 Å². The van der Waals surface area contributed by atoms with Crippen LogP contribution >= 0.6 is 0 Å². The van der Waals surface area contributed by atoms with E-state index in [0.29, 0.717) is 5.69 Å². The lowest BCUT2D eigenvalue weighted by Crippen LogP contribution is -2.46. The zero-order valence-corrected chi connectivity index (χ0v) is 16.5. The molecule has 0 aromatic heterocycles. The summed E-state index contributed by atoms with van der Waals surface area (Å²) in [6.45, 7) is 2.76. The van der Waals surface area contributed by atoms with Gasteiger partial charge in [-0.25, -0.2) is 9.18 Å². The number of nitrogens with one attached hydrogen (secondary N) is 2. The first-order valence-corrected chi connectivity index (χ1v) is 9.10. The van der Waals surface area contributed by atoms with Crippen molar-refractivity contribution in [2.24, 2.45) is 11.7 Å². The smallest absolute Gasteiger partial charge is 0.329 e. The Hall–Kier alpha value is -3.75. The van der Waals surface area contributed by atoms with Gasteiger partial charge in [-0.3, -0.25) is 14.4 Å². The minimum absolute atomic E-state index is 0.201. The summed E-state index contributed by atoms with van der Waals surface area (Å²) in [6, 6.07) is 10.1. The molecule has 0 unspecified atom stereocenters. The molecule has 0 aliphatic heterocycles. The third-order valence-corrected chi connectivity index (χ3v) is 4.12. The van der Waals surface area contributed by atoms with Gasteiger partial charge in [0.1, 0.15) is 11.9 Å². The topological polar surface area (TPSA) is 128 Å². The van der Waals surface area contributed by atoms with Crippen molar-refractivity contribution in [2.75, 3.05) is 11.9 Å². The zero-order chi connectivity index (χ0) is 22.3. The second-order valence-corrected chi connectivity index (χ2v) is 6.77. The molecule has 3 amide bonds. The molecule has 0 aliphatic rings. The van der Waals surface area contributed by atoms with Gasteiger partial charge in [0.05, 0.1) is 5.56 Å². The van der Waals surface area contributed by atoms with Crippen molar-refractivity contribution in [3.63, 3.8) is 0 Å². The van der Waals surface area contributed by atoms with E-state index in [2.05, 4.69) is 10.6 Å². The summed E-state index contributed by atoms with van der Waals surface area (Å²) >= 11 is 0. The predicted octanol–water partition coefficient (Wildman–Crippen LogP) is 1.86. The molecular formula is C21H22FN3O5. The molecule has 2 aromatic rings. The minimum atomic E-state index is -1.07. The number of benzene rings is 2. The molecule has 30 heavy (non-hydrogen) atoms. The number of anilines is 1. The van der Waals surface area contributed by atoms with Gasteiger partial charge in [0.25, 0.3) is 11.8 Å². The lowest BCUT2D eigenvalue weighted by Gasteiger charge is -2.21. The van der Waals surface area contributed by atoms with Crippen molar-refractivity contribution in [2.45, 2.75) is 19.9 Å². The van der Waals surface area contributed by atoms with Crippen molar-refractivity contribution >= 4 is 29.4 Å². The fourth-order valence-corrected chi connectivity index (χ4v) is 2.50. The van der Waals surface area contributed by atoms with Gasteiger partial charge in [-0.1, -0.05) is 26.0 Å². The van der Waals surface area contributed by atoms with Crippen LogP contribution in [0.4, 0.5) is 10.1 Å². The quantitative estimate of drug-likeness (QED) is 0.567. The molecule has 0 saturated heterocycles. The third kappa shape index (κ3) is 6.13. The number of esters is 1. The predicted molar refractivity (Wildman–Crippen MR) is 107 cm³/mol. The largest absolute Gasteiger partial charge is 0.454 e. The first-order chi connectivity index (χ1) is 14.2. The molecule has 0 aliphatic carbocycles. The Kier molecular flexibility index (Phi) is 7.62. The fraction of sp³-hybridized carbons (Fsp3) is 0.238. The van der Waals surface area contributed by atoms with Gasteiger partial charge in [-0.15, -0.1) is 0 Å². The highest BCUT2D eigenvalue weighted by Gasteiger charge is 2.27. The lowest BCUT2D eigenvalue weighted by molar-refractivity contribution is -0.150. The molecule has 9 heteroatoms. The molecule has 1 atom stereocenters. The van der Waals surface area contributed by atoms with Crippen molar-refractivity contribution < 1.29 is 28.3 Å². The van der Waals surface area contributed by atoms with Crippen molar-refractivity contribution in [1.29, 1.82) is 0 Å². The van der Waals surface area contributed by atoms with E-state index in [-0.39, 0.29) is 17.0 Å². The molecule has 0 bridgehead atoms. The number of primary amides is 1. The van der Waals surface area contributed by atoms with E-state index in [4.69, 9.17) is 10.5 Å². The monoisotopic (exact) mass is 415 g/mol. The van der Waals surface area contributed by atoms with Crippen LogP contribution < -0.4 is 16.4 Å². The molecule has 2 rings (SSSR count).